The third-order valence-electron chi connectivity index (χ3n) is 0.935. The molecule has 0 spiro atoms. The van der Waals surface area contributed by atoms with Gasteiger partial charge in [0.2, 0.25) is 0 Å². The van der Waals surface area contributed by atoms with Crippen molar-refractivity contribution >= 4 is 5.97 Å². The zero-order valence-electron chi connectivity index (χ0n) is 6.26. The fraction of sp³-hybridized carbons (Fsp3) is 0.571. The first kappa shape index (κ1) is 9.01. The van der Waals surface area contributed by atoms with Crippen molar-refractivity contribution in [2.45, 2.75) is 20.3 Å². The van der Waals surface area contributed by atoms with Crippen LogP contribution in [0.2, 0.25) is 0 Å². The van der Waals surface area contributed by atoms with Gasteiger partial charge in [0.05, 0.1) is 6.61 Å². The number of carboxylic acids is 1. The predicted octanol–water partition coefficient (Wildman–Crippen LogP) is 1.40. The molecule has 10 heavy (non-hydrogen) atoms. The Hall–Kier alpha value is -0.990. The maximum atomic E-state index is 10.2. The van der Waals surface area contributed by atoms with Crippen LogP contribution in [-0.4, -0.2) is 17.7 Å². The van der Waals surface area contributed by atoms with Gasteiger partial charge in [-0.2, -0.15) is 0 Å². The lowest BCUT2D eigenvalue weighted by atomic mass is 10.4. The third kappa shape index (κ3) is 3.12. The van der Waals surface area contributed by atoms with Crippen LogP contribution >= 0.6 is 0 Å². The molecular formula is C7H12O3. The van der Waals surface area contributed by atoms with Gasteiger partial charge in [-0.15, -0.1) is 0 Å². The fourth-order valence-electron chi connectivity index (χ4n) is 0.481. The van der Waals surface area contributed by atoms with E-state index in [4.69, 9.17) is 9.84 Å². The Kier molecular flexibility index (Phi) is 4.37. The number of allylic oxidation sites excluding steroid dienone is 1. The molecule has 3 heteroatoms. The summed E-state index contributed by atoms with van der Waals surface area (Å²) >= 11 is 0. The van der Waals surface area contributed by atoms with Gasteiger partial charge in [-0.25, -0.2) is 4.79 Å². The molecular weight excluding hydrogens is 132 g/mol. The van der Waals surface area contributed by atoms with E-state index in [0.717, 1.165) is 6.42 Å². The second-order valence-corrected chi connectivity index (χ2v) is 1.81. The van der Waals surface area contributed by atoms with Crippen molar-refractivity contribution in [3.63, 3.8) is 0 Å². The fourth-order valence-corrected chi connectivity index (χ4v) is 0.481. The summed E-state index contributed by atoms with van der Waals surface area (Å²) in [6.45, 7) is 4.03. The third-order valence-corrected chi connectivity index (χ3v) is 0.935. The maximum Gasteiger partial charge on any atom is 0.370 e. The molecule has 0 atom stereocenters. The normalized spacial score (nSPS) is 11.2. The monoisotopic (exact) mass is 144 g/mol. The Balaban J connectivity index is 3.74. The zero-order valence-corrected chi connectivity index (χ0v) is 6.26. The standard InChI is InChI=1S/C7H12O3/c1-3-5-10-6(4-2)7(8)9/h4H,3,5H2,1-2H3,(H,8,9)/b6-4-. The van der Waals surface area contributed by atoms with Gasteiger partial charge in [0.15, 0.2) is 5.76 Å². The summed E-state index contributed by atoms with van der Waals surface area (Å²) < 4.78 is 4.86. The van der Waals surface area contributed by atoms with Crippen LogP contribution < -0.4 is 0 Å². The molecule has 0 rings (SSSR count). The highest BCUT2D eigenvalue weighted by atomic mass is 16.5. The van der Waals surface area contributed by atoms with Crippen molar-refractivity contribution in [3.05, 3.63) is 11.8 Å². The molecule has 58 valence electrons. The lowest BCUT2D eigenvalue weighted by Crippen LogP contribution is -2.04. The Morgan fingerprint density at radius 1 is 1.70 bits per heavy atom. The lowest BCUT2D eigenvalue weighted by Gasteiger charge is -2.02. The number of aliphatic carboxylic acids is 1. The van der Waals surface area contributed by atoms with E-state index >= 15 is 0 Å². The zero-order chi connectivity index (χ0) is 7.98. The van der Waals surface area contributed by atoms with Crippen LogP contribution in [0.25, 0.3) is 0 Å². The van der Waals surface area contributed by atoms with Crippen LogP contribution in [0.3, 0.4) is 0 Å². The van der Waals surface area contributed by atoms with Crippen LogP contribution in [0.1, 0.15) is 20.3 Å². The second kappa shape index (κ2) is 4.85. The van der Waals surface area contributed by atoms with Gasteiger partial charge in [-0.1, -0.05) is 6.92 Å². The average Bonchev–Trinajstić information content (AvgIpc) is 1.89. The Morgan fingerprint density at radius 3 is 2.60 bits per heavy atom. The molecule has 0 aliphatic carbocycles. The molecule has 0 unspecified atom stereocenters. The van der Waals surface area contributed by atoms with Crippen molar-refractivity contribution in [1.29, 1.82) is 0 Å². The van der Waals surface area contributed by atoms with Gasteiger partial charge in [-0.05, 0) is 19.4 Å². The molecule has 0 aromatic rings. The number of carboxylic acid groups (broad SMARTS) is 1. The minimum absolute atomic E-state index is 0.0295. The van der Waals surface area contributed by atoms with Crippen molar-refractivity contribution in [3.8, 4) is 0 Å². The van der Waals surface area contributed by atoms with Crippen LogP contribution in [0.5, 0.6) is 0 Å². The minimum Gasteiger partial charge on any atom is -0.487 e. The summed E-state index contributed by atoms with van der Waals surface area (Å²) in [4.78, 5) is 10.2. The van der Waals surface area contributed by atoms with E-state index in [1.54, 1.807) is 6.92 Å². The molecule has 0 heterocycles. The summed E-state index contributed by atoms with van der Waals surface area (Å²) in [6, 6.07) is 0. The number of rotatable bonds is 4. The quantitative estimate of drug-likeness (QED) is 0.479. The van der Waals surface area contributed by atoms with Crippen LogP contribution in [0, 0.1) is 0 Å². The van der Waals surface area contributed by atoms with Crippen molar-refractivity contribution in [2.75, 3.05) is 6.61 Å². The summed E-state index contributed by atoms with van der Waals surface area (Å²) in [5.74, 6) is -0.974. The molecule has 0 radical (unpaired) electrons. The Bertz CT molecular complexity index is 138. The first-order chi connectivity index (χ1) is 4.72. The largest absolute Gasteiger partial charge is 0.487 e. The average molecular weight is 144 g/mol. The summed E-state index contributed by atoms with van der Waals surface area (Å²) in [7, 11) is 0. The molecule has 0 aliphatic rings. The number of hydrogen-bond acceptors (Lipinski definition) is 2. The van der Waals surface area contributed by atoms with E-state index in [2.05, 4.69) is 0 Å². The van der Waals surface area contributed by atoms with Gasteiger partial charge in [-0.3, -0.25) is 0 Å². The van der Waals surface area contributed by atoms with E-state index in [1.807, 2.05) is 6.92 Å². The van der Waals surface area contributed by atoms with Gasteiger partial charge in [0, 0.05) is 0 Å². The van der Waals surface area contributed by atoms with E-state index in [1.165, 1.54) is 6.08 Å². The van der Waals surface area contributed by atoms with Gasteiger partial charge >= 0.3 is 5.97 Å². The molecule has 0 saturated carbocycles. The van der Waals surface area contributed by atoms with E-state index in [9.17, 15) is 4.79 Å². The first-order valence-electron chi connectivity index (χ1n) is 3.24. The summed E-state index contributed by atoms with van der Waals surface area (Å²) in [5.41, 5.74) is 0. The summed E-state index contributed by atoms with van der Waals surface area (Å²) in [5, 5.41) is 8.41. The molecule has 3 nitrogen and oxygen atoms in total. The van der Waals surface area contributed by atoms with E-state index in [-0.39, 0.29) is 5.76 Å². The maximum absolute atomic E-state index is 10.2. The molecule has 1 N–H and O–H groups in total. The molecule has 0 aromatic heterocycles. The molecule has 0 fully saturated rings. The number of hydrogen-bond donors (Lipinski definition) is 1. The molecule has 0 amide bonds. The molecule has 0 saturated heterocycles. The van der Waals surface area contributed by atoms with Crippen molar-refractivity contribution in [2.24, 2.45) is 0 Å². The number of carbonyl (C=O) groups is 1. The minimum atomic E-state index is -1.00. The molecule has 0 aliphatic heterocycles. The van der Waals surface area contributed by atoms with Crippen LogP contribution in [-0.2, 0) is 9.53 Å². The van der Waals surface area contributed by atoms with E-state index < -0.39 is 5.97 Å². The summed E-state index contributed by atoms with van der Waals surface area (Å²) in [6.07, 6.45) is 2.27. The van der Waals surface area contributed by atoms with Crippen LogP contribution in [0.15, 0.2) is 11.8 Å². The van der Waals surface area contributed by atoms with Crippen LogP contribution in [0.4, 0.5) is 0 Å². The predicted molar refractivity (Wildman–Crippen MR) is 37.6 cm³/mol. The second-order valence-electron chi connectivity index (χ2n) is 1.81. The Morgan fingerprint density at radius 2 is 2.30 bits per heavy atom. The molecule has 0 aromatic carbocycles. The first-order valence-corrected chi connectivity index (χ1v) is 3.24. The van der Waals surface area contributed by atoms with E-state index in [0.29, 0.717) is 6.61 Å². The van der Waals surface area contributed by atoms with Gasteiger partial charge in [0.25, 0.3) is 0 Å². The highest BCUT2D eigenvalue weighted by Crippen LogP contribution is 1.97. The molecule has 0 bridgehead atoms. The number of ether oxygens (including phenoxy) is 1. The van der Waals surface area contributed by atoms with Crippen molar-refractivity contribution < 1.29 is 14.6 Å². The smallest absolute Gasteiger partial charge is 0.370 e. The SMILES string of the molecule is C/C=C(\OCCC)C(=O)O. The highest BCUT2D eigenvalue weighted by Gasteiger charge is 2.04. The highest BCUT2D eigenvalue weighted by molar-refractivity contribution is 5.84. The topological polar surface area (TPSA) is 46.5 Å². The Labute approximate surface area is 60.3 Å². The lowest BCUT2D eigenvalue weighted by molar-refractivity contribution is -0.136. The van der Waals surface area contributed by atoms with Crippen molar-refractivity contribution in [1.82, 2.24) is 0 Å². The van der Waals surface area contributed by atoms with Gasteiger partial charge < -0.3 is 9.84 Å². The van der Waals surface area contributed by atoms with Gasteiger partial charge in [0.1, 0.15) is 0 Å².